The number of nitrogens with zero attached hydrogens (tertiary/aromatic N) is 1. The van der Waals surface area contributed by atoms with Crippen LogP contribution in [-0.2, 0) is 0 Å². The minimum atomic E-state index is -0.458. The van der Waals surface area contributed by atoms with Gasteiger partial charge in [0, 0.05) is 28.3 Å². The van der Waals surface area contributed by atoms with Crippen LogP contribution in [0.15, 0.2) is 66.9 Å². The van der Waals surface area contributed by atoms with Gasteiger partial charge >= 0.3 is 0 Å². The van der Waals surface area contributed by atoms with Crippen LogP contribution in [0.4, 0.5) is 10.2 Å². The zero-order valence-corrected chi connectivity index (χ0v) is 15.7. The minimum absolute atomic E-state index is 0.0932. The number of nitrogens with one attached hydrogen (secondary N) is 2. The molecule has 0 saturated carbocycles. The molecule has 0 amide bonds. The standard InChI is InChI=1S/C23H20FN3O/c1-14-10-11-25-20(12-14)27-21(17-4-3-5-18(24)13-17)19-9-8-16-7-6-15(2)26-22(16)23(19)28/h3-13,21,28H,1-2H3,(H,25,27)/p+1/t21-/m0/s1. The highest BCUT2D eigenvalue weighted by Gasteiger charge is 2.24. The molecule has 0 radical (unpaired) electrons. The molecule has 140 valence electrons. The molecule has 0 fully saturated rings. The van der Waals surface area contributed by atoms with Crippen molar-refractivity contribution in [3.63, 3.8) is 0 Å². The van der Waals surface area contributed by atoms with Crippen molar-refractivity contribution in [1.82, 2.24) is 4.98 Å². The maximum atomic E-state index is 13.9. The molecule has 28 heavy (non-hydrogen) atoms. The van der Waals surface area contributed by atoms with Crippen LogP contribution in [0, 0.1) is 19.7 Å². The van der Waals surface area contributed by atoms with Crippen molar-refractivity contribution in [3.05, 3.63) is 95.1 Å². The van der Waals surface area contributed by atoms with Crippen LogP contribution >= 0.6 is 0 Å². The molecule has 0 aliphatic carbocycles. The Morgan fingerprint density at radius 1 is 1.04 bits per heavy atom. The number of aromatic amines is 1. The van der Waals surface area contributed by atoms with Crippen molar-refractivity contribution in [2.45, 2.75) is 19.9 Å². The van der Waals surface area contributed by atoms with E-state index >= 15 is 0 Å². The number of hydrogen-bond acceptors (Lipinski definition) is 3. The van der Waals surface area contributed by atoms with Crippen LogP contribution in [-0.4, -0.2) is 10.1 Å². The van der Waals surface area contributed by atoms with E-state index in [1.54, 1.807) is 6.07 Å². The van der Waals surface area contributed by atoms with Gasteiger partial charge in [0.2, 0.25) is 0 Å². The normalized spacial score (nSPS) is 12.1. The summed E-state index contributed by atoms with van der Waals surface area (Å²) in [6, 6.07) is 17.5. The van der Waals surface area contributed by atoms with Gasteiger partial charge in [-0.05, 0) is 49.7 Å². The summed E-state index contributed by atoms with van der Waals surface area (Å²) in [7, 11) is 0. The first-order valence-corrected chi connectivity index (χ1v) is 9.11. The van der Waals surface area contributed by atoms with Gasteiger partial charge in [0.1, 0.15) is 23.1 Å². The summed E-state index contributed by atoms with van der Waals surface area (Å²) in [5.74, 6) is 0.536. The lowest BCUT2D eigenvalue weighted by molar-refractivity contribution is -0.361. The molecule has 0 unspecified atom stereocenters. The number of aromatic nitrogens is 2. The summed E-state index contributed by atoms with van der Waals surface area (Å²) >= 11 is 0. The second-order valence-corrected chi connectivity index (χ2v) is 6.94. The summed E-state index contributed by atoms with van der Waals surface area (Å²) in [4.78, 5) is 7.65. The van der Waals surface area contributed by atoms with Crippen molar-refractivity contribution >= 4 is 16.7 Å². The number of H-pyrrole nitrogens is 1. The summed E-state index contributed by atoms with van der Waals surface area (Å²) in [6.45, 7) is 3.88. The quantitative estimate of drug-likeness (QED) is 0.544. The number of rotatable bonds is 4. The van der Waals surface area contributed by atoms with Gasteiger partial charge in [-0.25, -0.2) is 14.4 Å². The van der Waals surface area contributed by atoms with E-state index in [-0.39, 0.29) is 11.6 Å². The highest BCUT2D eigenvalue weighted by atomic mass is 19.1. The summed E-state index contributed by atoms with van der Waals surface area (Å²) in [5.41, 5.74) is 3.78. The monoisotopic (exact) mass is 374 g/mol. The highest BCUT2D eigenvalue weighted by Crippen LogP contribution is 2.36. The van der Waals surface area contributed by atoms with Crippen LogP contribution in [0.5, 0.6) is 5.75 Å². The Morgan fingerprint density at radius 3 is 2.64 bits per heavy atom. The fourth-order valence-corrected chi connectivity index (χ4v) is 3.37. The number of hydrogen-bond donors (Lipinski definition) is 2. The number of anilines is 1. The van der Waals surface area contributed by atoms with Crippen LogP contribution in [0.1, 0.15) is 28.4 Å². The number of aryl methyl sites for hydroxylation is 2. The number of phenolic OH excluding ortho intramolecular Hbond substituents is 1. The molecule has 0 spiro atoms. The van der Waals surface area contributed by atoms with E-state index in [1.807, 2.05) is 62.5 Å². The third-order valence-corrected chi connectivity index (χ3v) is 4.76. The number of phenols is 1. The molecule has 4 aromatic rings. The molecule has 4 rings (SSSR count). The van der Waals surface area contributed by atoms with Crippen LogP contribution in [0.2, 0.25) is 0 Å². The maximum absolute atomic E-state index is 13.9. The van der Waals surface area contributed by atoms with Gasteiger partial charge in [0.15, 0.2) is 0 Å². The van der Waals surface area contributed by atoms with Gasteiger partial charge < -0.3 is 5.11 Å². The fourth-order valence-electron chi connectivity index (χ4n) is 3.37. The lowest BCUT2D eigenvalue weighted by atomic mass is 9.96. The first kappa shape index (κ1) is 17.9. The van der Waals surface area contributed by atoms with E-state index in [2.05, 4.69) is 15.3 Å². The average molecular weight is 374 g/mol. The number of fused-ring (bicyclic) bond motifs is 1. The average Bonchev–Trinajstić information content (AvgIpc) is 2.67. The Balaban J connectivity index is 1.87. The number of halogens is 1. The van der Waals surface area contributed by atoms with Gasteiger partial charge in [-0.2, -0.15) is 0 Å². The minimum Gasteiger partial charge on any atom is -0.505 e. The molecule has 0 saturated heterocycles. The molecule has 2 heterocycles. The smallest absolute Gasteiger partial charge is 0.273 e. The van der Waals surface area contributed by atoms with E-state index < -0.39 is 6.04 Å². The van der Waals surface area contributed by atoms with Crippen LogP contribution in [0.25, 0.3) is 10.9 Å². The molecule has 3 N–H and O–H groups in total. The second kappa shape index (κ2) is 7.27. The molecular weight excluding hydrogens is 353 g/mol. The molecule has 0 bridgehead atoms. The largest absolute Gasteiger partial charge is 0.505 e. The molecule has 5 heteroatoms. The number of benzene rings is 2. The first-order valence-electron chi connectivity index (χ1n) is 9.11. The zero-order chi connectivity index (χ0) is 19.7. The topological polar surface area (TPSA) is 59.3 Å². The van der Waals surface area contributed by atoms with E-state index in [0.717, 1.165) is 22.5 Å². The predicted octanol–water partition coefficient (Wildman–Crippen LogP) is 4.71. The van der Waals surface area contributed by atoms with Crippen LogP contribution in [0.3, 0.4) is 0 Å². The van der Waals surface area contributed by atoms with E-state index in [4.69, 9.17) is 0 Å². The SMILES string of the molecule is Cc1cc[nH+]c(N[C@@H](c2cccc(F)c2)c2ccc3ccc(C)nc3c2O)c1. The Morgan fingerprint density at radius 2 is 1.86 bits per heavy atom. The number of aromatic hydroxyl groups is 1. The molecular formula is C23H21FN3O+. The Bertz CT molecular complexity index is 1160. The molecule has 2 aromatic heterocycles. The zero-order valence-electron chi connectivity index (χ0n) is 15.7. The van der Waals surface area contributed by atoms with Gasteiger partial charge in [-0.15, -0.1) is 0 Å². The summed E-state index contributed by atoms with van der Waals surface area (Å²) in [5, 5.41) is 15.2. The Labute approximate surface area is 162 Å². The Hall–Kier alpha value is -3.47. The molecule has 1 atom stereocenters. The third-order valence-electron chi connectivity index (χ3n) is 4.76. The van der Waals surface area contributed by atoms with E-state index in [1.165, 1.54) is 12.1 Å². The maximum Gasteiger partial charge on any atom is 0.273 e. The molecule has 0 aliphatic heterocycles. The van der Waals surface area contributed by atoms with E-state index in [0.29, 0.717) is 16.6 Å². The van der Waals surface area contributed by atoms with Gasteiger partial charge in [0.05, 0.1) is 6.20 Å². The summed E-state index contributed by atoms with van der Waals surface area (Å²) < 4.78 is 13.9. The lowest BCUT2D eigenvalue weighted by Crippen LogP contribution is -2.19. The Kier molecular flexibility index (Phi) is 4.65. The molecule has 2 aromatic carbocycles. The fraction of sp³-hybridized carbons (Fsp3) is 0.130. The van der Waals surface area contributed by atoms with Gasteiger partial charge in [-0.1, -0.05) is 24.3 Å². The number of pyridine rings is 2. The lowest BCUT2D eigenvalue weighted by Gasteiger charge is -2.18. The summed E-state index contributed by atoms with van der Waals surface area (Å²) in [6.07, 6.45) is 1.84. The highest BCUT2D eigenvalue weighted by molar-refractivity contribution is 5.86. The van der Waals surface area contributed by atoms with Gasteiger partial charge in [-0.3, -0.25) is 5.32 Å². The third kappa shape index (κ3) is 3.51. The van der Waals surface area contributed by atoms with Crippen molar-refractivity contribution in [3.8, 4) is 5.75 Å². The van der Waals surface area contributed by atoms with E-state index in [9.17, 15) is 9.50 Å². The van der Waals surface area contributed by atoms with Crippen molar-refractivity contribution in [2.75, 3.05) is 5.32 Å². The first-order chi connectivity index (χ1) is 13.5. The molecule has 4 nitrogen and oxygen atoms in total. The van der Waals surface area contributed by atoms with Crippen molar-refractivity contribution in [1.29, 1.82) is 0 Å². The second-order valence-electron chi connectivity index (χ2n) is 6.94. The van der Waals surface area contributed by atoms with Crippen LogP contribution < -0.4 is 10.3 Å². The van der Waals surface area contributed by atoms with Crippen molar-refractivity contribution in [2.24, 2.45) is 0 Å². The van der Waals surface area contributed by atoms with Gasteiger partial charge in [0.25, 0.3) is 5.82 Å². The van der Waals surface area contributed by atoms with Crippen molar-refractivity contribution < 1.29 is 14.5 Å². The molecule has 0 aliphatic rings. The predicted molar refractivity (Wildman–Crippen MR) is 108 cm³/mol.